The summed E-state index contributed by atoms with van der Waals surface area (Å²) >= 11 is 0.939. The molecular formula is C17H17N5O11S2. The molecule has 3 saturated heterocycles. The summed E-state index contributed by atoms with van der Waals surface area (Å²) in [6, 6.07) is -1.49. The highest BCUT2D eigenvalue weighted by Gasteiger charge is 2.75. The second-order valence-corrected chi connectivity index (χ2v) is 10.1. The summed E-state index contributed by atoms with van der Waals surface area (Å²) < 4.78 is 18.0. The first-order valence-electron chi connectivity index (χ1n) is 9.74. The van der Waals surface area contributed by atoms with Crippen molar-refractivity contribution in [2.24, 2.45) is 17.0 Å². The normalized spacial score (nSPS) is 31.6. The zero-order valence-electron chi connectivity index (χ0n) is 17.4. The molecule has 1 aromatic rings. The van der Waals surface area contributed by atoms with Gasteiger partial charge in [-0.1, -0.05) is 5.16 Å². The van der Waals surface area contributed by atoms with E-state index in [9.17, 15) is 38.4 Å². The number of aromatic nitrogens is 1. The number of thiazole rings is 1. The SMILES string of the molecule is Nc1nc(/C(=N/OCC(=O)O)C(=O)NC2C(=O)N3C2S(=O)CC2C(CO)C(=O)OC23C(=O)O)cs1. The van der Waals surface area contributed by atoms with Gasteiger partial charge in [-0.25, -0.2) is 14.6 Å². The Bertz CT molecular complexity index is 1180. The van der Waals surface area contributed by atoms with Crippen LogP contribution in [0.25, 0.3) is 0 Å². The van der Waals surface area contributed by atoms with Crippen LogP contribution in [0.15, 0.2) is 10.5 Å². The summed E-state index contributed by atoms with van der Waals surface area (Å²) in [5.74, 6) is -9.15. The van der Waals surface area contributed by atoms with E-state index < -0.39 is 94.2 Å². The van der Waals surface area contributed by atoms with Gasteiger partial charge in [-0.3, -0.25) is 23.5 Å². The van der Waals surface area contributed by atoms with Crippen LogP contribution in [0.5, 0.6) is 0 Å². The smallest absolute Gasteiger partial charge is 0.370 e. The lowest BCUT2D eigenvalue weighted by molar-refractivity contribution is -0.216. The molecule has 4 rings (SSSR count). The van der Waals surface area contributed by atoms with Crippen LogP contribution >= 0.6 is 11.3 Å². The number of nitrogens with zero attached hydrogens (tertiary/aromatic N) is 3. The van der Waals surface area contributed by atoms with E-state index in [0.29, 0.717) is 4.90 Å². The van der Waals surface area contributed by atoms with E-state index in [0.717, 1.165) is 11.3 Å². The fourth-order valence-corrected chi connectivity index (χ4v) is 6.70. The third-order valence-electron chi connectivity index (χ3n) is 5.67. The summed E-state index contributed by atoms with van der Waals surface area (Å²) in [5, 5.41) is 33.8. The monoisotopic (exact) mass is 531 g/mol. The van der Waals surface area contributed by atoms with E-state index in [2.05, 4.69) is 20.3 Å². The van der Waals surface area contributed by atoms with Gasteiger partial charge < -0.3 is 35.9 Å². The summed E-state index contributed by atoms with van der Waals surface area (Å²) in [6.07, 6.45) is 0. The number of carbonyl (C=O) groups is 5. The lowest BCUT2D eigenvalue weighted by Crippen LogP contribution is -2.83. The van der Waals surface area contributed by atoms with Crippen LogP contribution < -0.4 is 11.1 Å². The predicted octanol–water partition coefficient (Wildman–Crippen LogP) is -3.49. The van der Waals surface area contributed by atoms with Crippen molar-refractivity contribution in [1.82, 2.24) is 15.2 Å². The number of anilines is 1. The van der Waals surface area contributed by atoms with Crippen molar-refractivity contribution < 1.29 is 53.1 Å². The van der Waals surface area contributed by atoms with Crippen LogP contribution in [0.1, 0.15) is 5.69 Å². The van der Waals surface area contributed by atoms with E-state index in [-0.39, 0.29) is 10.8 Å². The maximum atomic E-state index is 13.0. The molecule has 1 aromatic heterocycles. The zero-order chi connectivity index (χ0) is 25.7. The summed E-state index contributed by atoms with van der Waals surface area (Å²) in [5.41, 5.74) is 2.44. The first kappa shape index (κ1) is 24.5. The van der Waals surface area contributed by atoms with Gasteiger partial charge in [0.2, 0.25) is 6.61 Å². The standard InChI is InChI=1S/C17H17N5O11S2/c18-16-19-7(3-34-16)9(21-32-2-8(24)25)11(26)20-10-12(27)22-13(10)35(31)4-6-5(1-23)14(28)33-17(6,22)15(29)30/h3,5-6,10,13,23H,1-2,4H2,(H2,18,19)(H,20,26)(H,24,25)(H,29,30)/b21-9-. The van der Waals surface area contributed by atoms with E-state index in [1.165, 1.54) is 5.38 Å². The Morgan fingerprint density at radius 1 is 1.40 bits per heavy atom. The van der Waals surface area contributed by atoms with Gasteiger partial charge in [-0.2, -0.15) is 0 Å². The number of oxime groups is 1. The molecule has 3 aliphatic heterocycles. The number of carboxylic acid groups (broad SMARTS) is 2. The molecule has 0 aliphatic carbocycles. The van der Waals surface area contributed by atoms with Crippen LogP contribution in [0, 0.1) is 11.8 Å². The minimum absolute atomic E-state index is 0.0499. The zero-order valence-corrected chi connectivity index (χ0v) is 19.0. The Kier molecular flexibility index (Phi) is 6.20. The van der Waals surface area contributed by atoms with Crippen molar-refractivity contribution in [2.45, 2.75) is 17.1 Å². The highest BCUT2D eigenvalue weighted by atomic mass is 32.2. The van der Waals surface area contributed by atoms with Gasteiger partial charge in [0.1, 0.15) is 17.1 Å². The Hall–Kier alpha value is -3.64. The molecule has 4 heterocycles. The van der Waals surface area contributed by atoms with E-state index in [1.807, 2.05) is 0 Å². The van der Waals surface area contributed by atoms with Crippen LogP contribution in [0.3, 0.4) is 0 Å². The first-order chi connectivity index (χ1) is 16.5. The highest BCUT2D eigenvalue weighted by molar-refractivity contribution is 7.85. The van der Waals surface area contributed by atoms with Crippen LogP contribution in [-0.4, -0.2) is 101 Å². The number of aliphatic hydroxyl groups is 1. The lowest BCUT2D eigenvalue weighted by Gasteiger charge is -2.56. The molecule has 35 heavy (non-hydrogen) atoms. The lowest BCUT2D eigenvalue weighted by atomic mass is 9.84. The average molecular weight is 531 g/mol. The van der Waals surface area contributed by atoms with Gasteiger partial charge in [-0.15, -0.1) is 11.3 Å². The third-order valence-corrected chi connectivity index (χ3v) is 8.06. The quantitative estimate of drug-likeness (QED) is 0.0947. The fourth-order valence-electron chi connectivity index (χ4n) is 4.16. The molecule has 0 saturated carbocycles. The molecule has 18 heteroatoms. The Labute approximate surface area is 201 Å². The van der Waals surface area contributed by atoms with Crippen molar-refractivity contribution >= 4 is 62.7 Å². The van der Waals surface area contributed by atoms with Gasteiger partial charge >= 0.3 is 17.9 Å². The second kappa shape index (κ2) is 8.86. The number of fused-ring (bicyclic) bond motifs is 3. The van der Waals surface area contributed by atoms with Crippen molar-refractivity contribution in [3.8, 4) is 0 Å². The van der Waals surface area contributed by atoms with E-state index >= 15 is 0 Å². The predicted molar refractivity (Wildman–Crippen MR) is 113 cm³/mol. The molecule has 0 bridgehead atoms. The van der Waals surface area contributed by atoms with Crippen molar-refractivity contribution in [3.05, 3.63) is 11.1 Å². The number of aliphatic hydroxyl groups excluding tert-OH is 1. The molecule has 3 aliphatic rings. The molecule has 6 unspecified atom stereocenters. The van der Waals surface area contributed by atoms with Gasteiger partial charge in [0, 0.05) is 21.9 Å². The number of amides is 2. The van der Waals surface area contributed by atoms with Crippen molar-refractivity contribution in [2.75, 3.05) is 24.7 Å². The number of ether oxygens (including phenoxy) is 1. The largest absolute Gasteiger partial charge is 0.479 e. The minimum atomic E-state index is -2.48. The van der Waals surface area contributed by atoms with Crippen LogP contribution in [0.4, 0.5) is 5.13 Å². The maximum absolute atomic E-state index is 13.0. The summed E-state index contributed by atoms with van der Waals surface area (Å²) in [4.78, 5) is 70.0. The second-order valence-electron chi connectivity index (χ2n) is 7.59. The van der Waals surface area contributed by atoms with Gasteiger partial charge in [-0.05, 0) is 0 Å². The molecular weight excluding hydrogens is 514 g/mol. The maximum Gasteiger partial charge on any atom is 0.370 e. The number of aliphatic carboxylic acids is 2. The molecule has 0 radical (unpaired) electrons. The first-order valence-corrected chi connectivity index (χ1v) is 12.0. The third kappa shape index (κ3) is 3.78. The molecule has 16 nitrogen and oxygen atoms in total. The number of nitrogens with two attached hydrogens (primary N) is 1. The molecule has 2 amide bonds. The van der Waals surface area contributed by atoms with Gasteiger partial charge in [0.15, 0.2) is 10.8 Å². The summed E-state index contributed by atoms with van der Waals surface area (Å²) in [7, 11) is -1.95. The number of nitrogen functional groups attached to an aromatic ring is 1. The number of nitrogens with one attached hydrogen (secondary N) is 1. The Morgan fingerprint density at radius 2 is 2.11 bits per heavy atom. The topological polar surface area (TPSA) is 248 Å². The van der Waals surface area contributed by atoms with Gasteiger partial charge in [0.25, 0.3) is 17.5 Å². The van der Waals surface area contributed by atoms with Crippen molar-refractivity contribution in [1.29, 1.82) is 0 Å². The minimum Gasteiger partial charge on any atom is -0.479 e. The molecule has 6 atom stereocenters. The van der Waals surface area contributed by atoms with Crippen molar-refractivity contribution in [3.63, 3.8) is 0 Å². The molecule has 6 N–H and O–H groups in total. The highest BCUT2D eigenvalue weighted by Crippen LogP contribution is 2.49. The number of carboxylic acids is 2. The molecule has 188 valence electrons. The Balaban J connectivity index is 1.61. The number of hydrogen-bond donors (Lipinski definition) is 5. The van der Waals surface area contributed by atoms with E-state index in [4.69, 9.17) is 15.6 Å². The molecule has 3 fully saturated rings. The summed E-state index contributed by atoms with van der Waals surface area (Å²) in [6.45, 7) is -1.66. The number of β-lactam (4-membered cyclic amide) rings is 1. The van der Waals surface area contributed by atoms with Gasteiger partial charge in [0.05, 0.1) is 18.4 Å². The van der Waals surface area contributed by atoms with Crippen LogP contribution in [-0.2, 0) is 44.3 Å². The fraction of sp³-hybridized carbons (Fsp3) is 0.471. The number of carbonyl (C=O) groups excluding carboxylic acids is 3. The number of rotatable bonds is 8. The van der Waals surface area contributed by atoms with E-state index in [1.54, 1.807) is 0 Å². The Morgan fingerprint density at radius 3 is 2.69 bits per heavy atom. The van der Waals surface area contributed by atoms with Crippen LogP contribution in [0.2, 0.25) is 0 Å². The molecule has 0 spiro atoms. The number of hydrogen-bond acceptors (Lipinski definition) is 13. The average Bonchev–Trinajstić information content (AvgIpc) is 3.33. The number of esters is 1. The molecule has 0 aromatic carbocycles.